The van der Waals surface area contributed by atoms with Gasteiger partial charge in [0.15, 0.2) is 5.69 Å². The summed E-state index contributed by atoms with van der Waals surface area (Å²) in [6.07, 6.45) is 2.32. The fourth-order valence-corrected chi connectivity index (χ4v) is 2.09. The van der Waals surface area contributed by atoms with E-state index >= 15 is 0 Å². The Kier molecular flexibility index (Phi) is 1.95. The second-order valence-electron chi connectivity index (χ2n) is 3.03. The molecule has 1 heterocycles. The van der Waals surface area contributed by atoms with Crippen molar-refractivity contribution >= 4 is 22.3 Å². The van der Waals surface area contributed by atoms with Crippen LogP contribution in [-0.4, -0.2) is 18.1 Å². The van der Waals surface area contributed by atoms with Crippen LogP contribution in [-0.2, 0) is 4.74 Å². The van der Waals surface area contributed by atoms with Crippen molar-refractivity contribution in [3.8, 4) is 0 Å². The molecule has 70 valence electrons. The molecule has 2 rings (SSSR count). The standard InChI is InChI=1S/C8H10N2O2S/c1-12-8(11)5-6(9)13-7(10-5)4-2-3-4/h4H,2-3,9H2,1H3. The van der Waals surface area contributed by atoms with Gasteiger partial charge in [0.1, 0.15) is 5.00 Å². The lowest BCUT2D eigenvalue weighted by atomic mass is 10.4. The minimum Gasteiger partial charge on any atom is -0.464 e. The second-order valence-corrected chi connectivity index (χ2v) is 4.09. The lowest BCUT2D eigenvalue weighted by Crippen LogP contribution is -2.04. The molecular formula is C8H10N2O2S. The van der Waals surface area contributed by atoms with Crippen LogP contribution >= 0.6 is 11.3 Å². The van der Waals surface area contributed by atoms with E-state index in [1.807, 2.05) is 0 Å². The highest BCUT2D eigenvalue weighted by atomic mass is 32.1. The van der Waals surface area contributed by atoms with Crippen LogP contribution in [0.15, 0.2) is 0 Å². The Morgan fingerprint density at radius 2 is 2.38 bits per heavy atom. The van der Waals surface area contributed by atoms with E-state index in [0.717, 1.165) is 17.8 Å². The van der Waals surface area contributed by atoms with Crippen LogP contribution in [0.5, 0.6) is 0 Å². The van der Waals surface area contributed by atoms with Crippen molar-refractivity contribution in [2.75, 3.05) is 12.8 Å². The molecule has 0 aromatic carbocycles. The first-order valence-corrected chi connectivity index (χ1v) is 4.88. The minimum absolute atomic E-state index is 0.273. The van der Waals surface area contributed by atoms with Crippen LogP contribution in [0.2, 0.25) is 0 Å². The lowest BCUT2D eigenvalue weighted by Gasteiger charge is -1.93. The number of hydrogen-bond acceptors (Lipinski definition) is 5. The molecule has 0 unspecified atom stereocenters. The van der Waals surface area contributed by atoms with E-state index in [-0.39, 0.29) is 5.69 Å². The molecule has 1 aromatic rings. The van der Waals surface area contributed by atoms with Crippen molar-refractivity contribution < 1.29 is 9.53 Å². The van der Waals surface area contributed by atoms with E-state index in [2.05, 4.69) is 9.72 Å². The van der Waals surface area contributed by atoms with Crippen LogP contribution < -0.4 is 5.73 Å². The van der Waals surface area contributed by atoms with Gasteiger partial charge in [-0.15, -0.1) is 11.3 Å². The molecule has 1 aliphatic rings. The van der Waals surface area contributed by atoms with Gasteiger partial charge in [0, 0.05) is 5.92 Å². The molecule has 2 N–H and O–H groups in total. The maximum atomic E-state index is 11.1. The highest BCUT2D eigenvalue weighted by Gasteiger charge is 2.29. The Morgan fingerprint density at radius 1 is 1.69 bits per heavy atom. The Balaban J connectivity index is 2.29. The third-order valence-corrected chi connectivity index (χ3v) is 3.02. The van der Waals surface area contributed by atoms with Gasteiger partial charge in [-0.3, -0.25) is 0 Å². The number of nitrogen functional groups attached to an aromatic ring is 1. The Bertz CT molecular complexity index is 344. The average Bonchev–Trinajstić information content (AvgIpc) is 2.89. The van der Waals surface area contributed by atoms with Gasteiger partial charge in [-0.25, -0.2) is 9.78 Å². The predicted octanol–water partition coefficient (Wildman–Crippen LogP) is 1.39. The highest BCUT2D eigenvalue weighted by molar-refractivity contribution is 7.16. The van der Waals surface area contributed by atoms with Crippen molar-refractivity contribution in [3.63, 3.8) is 0 Å². The summed E-state index contributed by atoms with van der Waals surface area (Å²) in [5, 5.41) is 1.44. The van der Waals surface area contributed by atoms with Gasteiger partial charge in [0.2, 0.25) is 0 Å². The molecule has 1 fully saturated rings. The number of thiazole rings is 1. The number of nitrogens with zero attached hydrogens (tertiary/aromatic N) is 1. The Morgan fingerprint density at radius 3 is 2.92 bits per heavy atom. The molecule has 4 nitrogen and oxygen atoms in total. The molecule has 1 saturated carbocycles. The number of hydrogen-bond donors (Lipinski definition) is 1. The fraction of sp³-hybridized carbons (Fsp3) is 0.500. The molecule has 0 radical (unpaired) electrons. The number of ether oxygens (including phenoxy) is 1. The zero-order chi connectivity index (χ0) is 9.42. The summed E-state index contributed by atoms with van der Waals surface area (Å²) >= 11 is 1.39. The maximum absolute atomic E-state index is 11.1. The molecule has 13 heavy (non-hydrogen) atoms. The zero-order valence-electron chi connectivity index (χ0n) is 7.24. The third-order valence-electron chi connectivity index (χ3n) is 1.98. The summed E-state index contributed by atoms with van der Waals surface area (Å²) < 4.78 is 4.56. The molecule has 0 atom stereocenters. The summed E-state index contributed by atoms with van der Waals surface area (Å²) in [5.41, 5.74) is 5.91. The Labute approximate surface area is 79.7 Å². The smallest absolute Gasteiger partial charge is 0.359 e. The van der Waals surface area contributed by atoms with Gasteiger partial charge in [0.05, 0.1) is 12.1 Å². The number of rotatable bonds is 2. The number of carbonyl (C=O) groups is 1. The van der Waals surface area contributed by atoms with Crippen molar-refractivity contribution in [2.24, 2.45) is 0 Å². The number of carbonyl (C=O) groups excluding carboxylic acids is 1. The highest BCUT2D eigenvalue weighted by Crippen LogP contribution is 2.43. The van der Waals surface area contributed by atoms with E-state index in [9.17, 15) is 4.79 Å². The molecule has 1 aliphatic carbocycles. The molecule has 0 aliphatic heterocycles. The van der Waals surface area contributed by atoms with Crippen LogP contribution in [0.1, 0.15) is 34.3 Å². The zero-order valence-corrected chi connectivity index (χ0v) is 8.06. The first kappa shape index (κ1) is 8.50. The van der Waals surface area contributed by atoms with Crippen molar-refractivity contribution in [3.05, 3.63) is 10.7 Å². The van der Waals surface area contributed by atoms with Gasteiger partial charge in [-0.1, -0.05) is 0 Å². The van der Waals surface area contributed by atoms with Gasteiger partial charge in [-0.05, 0) is 12.8 Å². The van der Waals surface area contributed by atoms with E-state index in [0.29, 0.717) is 10.9 Å². The van der Waals surface area contributed by atoms with E-state index in [1.165, 1.54) is 18.4 Å². The van der Waals surface area contributed by atoms with Gasteiger partial charge >= 0.3 is 5.97 Å². The van der Waals surface area contributed by atoms with Crippen LogP contribution in [0, 0.1) is 0 Å². The summed E-state index contributed by atoms with van der Waals surface area (Å²) in [6, 6.07) is 0. The molecule has 0 saturated heterocycles. The topological polar surface area (TPSA) is 65.2 Å². The predicted molar refractivity (Wildman–Crippen MR) is 49.8 cm³/mol. The van der Waals surface area contributed by atoms with Crippen LogP contribution in [0.3, 0.4) is 0 Å². The van der Waals surface area contributed by atoms with Gasteiger partial charge in [-0.2, -0.15) is 0 Å². The summed E-state index contributed by atoms with van der Waals surface area (Å²) in [6.45, 7) is 0. The first-order chi connectivity index (χ1) is 6.22. The lowest BCUT2D eigenvalue weighted by molar-refractivity contribution is 0.0596. The van der Waals surface area contributed by atoms with E-state index in [4.69, 9.17) is 5.73 Å². The summed E-state index contributed by atoms with van der Waals surface area (Å²) in [5.74, 6) is 0.0892. The second kappa shape index (κ2) is 2.99. The SMILES string of the molecule is COC(=O)c1nc(C2CC2)sc1N. The van der Waals surface area contributed by atoms with Crippen LogP contribution in [0.4, 0.5) is 5.00 Å². The van der Waals surface area contributed by atoms with Crippen molar-refractivity contribution in [2.45, 2.75) is 18.8 Å². The number of nitrogens with two attached hydrogens (primary N) is 1. The van der Waals surface area contributed by atoms with Crippen LogP contribution in [0.25, 0.3) is 0 Å². The molecule has 0 spiro atoms. The molecule has 0 bridgehead atoms. The quantitative estimate of drug-likeness (QED) is 0.729. The van der Waals surface area contributed by atoms with Crippen molar-refractivity contribution in [1.82, 2.24) is 4.98 Å². The number of esters is 1. The fourth-order valence-electron chi connectivity index (χ4n) is 1.10. The number of methoxy groups -OCH3 is 1. The van der Waals surface area contributed by atoms with Gasteiger partial charge in [0.25, 0.3) is 0 Å². The average molecular weight is 198 g/mol. The molecule has 1 aromatic heterocycles. The van der Waals surface area contributed by atoms with E-state index in [1.54, 1.807) is 0 Å². The number of aromatic nitrogens is 1. The first-order valence-electron chi connectivity index (χ1n) is 4.07. The van der Waals surface area contributed by atoms with Gasteiger partial charge < -0.3 is 10.5 Å². The number of anilines is 1. The monoisotopic (exact) mass is 198 g/mol. The van der Waals surface area contributed by atoms with Crippen molar-refractivity contribution in [1.29, 1.82) is 0 Å². The summed E-state index contributed by atoms with van der Waals surface area (Å²) in [4.78, 5) is 15.3. The molecular weight excluding hydrogens is 188 g/mol. The van der Waals surface area contributed by atoms with E-state index < -0.39 is 5.97 Å². The molecule has 0 amide bonds. The summed E-state index contributed by atoms with van der Waals surface area (Å²) in [7, 11) is 1.33. The largest absolute Gasteiger partial charge is 0.464 e. The normalized spacial score (nSPS) is 15.8. The Hall–Kier alpha value is -1.10. The maximum Gasteiger partial charge on any atom is 0.359 e. The molecule has 5 heteroatoms. The minimum atomic E-state index is -0.444. The third kappa shape index (κ3) is 1.51.